The molecule has 268 valence electrons. The monoisotopic (exact) mass is 791 g/mol. The number of Topliss-reactive ketones (excluding diaryl/α,β-unsaturated/α-hetero) is 1. The predicted molar refractivity (Wildman–Crippen MR) is 213 cm³/mol. The van der Waals surface area contributed by atoms with E-state index in [-0.39, 0.29) is 22.5 Å². The van der Waals surface area contributed by atoms with Crippen LogP contribution >= 0.6 is 22.6 Å². The van der Waals surface area contributed by atoms with Crippen LogP contribution in [-0.4, -0.2) is 45.3 Å². The van der Waals surface area contributed by atoms with Gasteiger partial charge in [-0.1, -0.05) is 85.5 Å². The number of hydrogen-bond donors (Lipinski definition) is 2. The Bertz CT molecular complexity index is 1760. The zero-order valence-electron chi connectivity index (χ0n) is 31.0. The Morgan fingerprint density at radius 3 is 2.10 bits per heavy atom. The Morgan fingerprint density at radius 1 is 0.820 bits per heavy atom. The van der Waals surface area contributed by atoms with Crippen molar-refractivity contribution in [1.29, 1.82) is 0 Å². The third kappa shape index (κ3) is 7.54. The molecule has 3 aliphatic rings. The molecule has 50 heavy (non-hydrogen) atoms. The lowest BCUT2D eigenvalue weighted by Gasteiger charge is -2.29. The zero-order chi connectivity index (χ0) is 36.2. The van der Waals surface area contributed by atoms with E-state index in [1.807, 2.05) is 18.2 Å². The number of anilines is 1. The van der Waals surface area contributed by atoms with Crippen molar-refractivity contribution in [3.8, 4) is 0 Å². The average Bonchev–Trinajstić information content (AvgIpc) is 3.42. The van der Waals surface area contributed by atoms with Crippen LogP contribution in [0, 0.1) is 3.57 Å². The van der Waals surface area contributed by atoms with Crippen molar-refractivity contribution in [1.82, 2.24) is 0 Å². The highest BCUT2D eigenvalue weighted by Crippen LogP contribution is 2.50. The van der Waals surface area contributed by atoms with E-state index in [0.29, 0.717) is 11.1 Å². The van der Waals surface area contributed by atoms with Crippen molar-refractivity contribution in [3.05, 3.63) is 91.4 Å². The topological polar surface area (TPSA) is 80.8 Å². The van der Waals surface area contributed by atoms with Gasteiger partial charge in [0.2, 0.25) is 11.5 Å². The number of carboxylic acids is 1. The maximum Gasteiger partial charge on any atom is 0.335 e. The van der Waals surface area contributed by atoms with Crippen LogP contribution in [0.25, 0.3) is 0 Å². The zero-order valence-corrected chi connectivity index (χ0v) is 33.2. The summed E-state index contributed by atoms with van der Waals surface area (Å²) < 4.78 is 3.42. The summed E-state index contributed by atoms with van der Waals surface area (Å²) in [6, 6.07) is 11.9. The third-order valence-electron chi connectivity index (χ3n) is 11.0. The van der Waals surface area contributed by atoms with Crippen molar-refractivity contribution in [2.45, 2.75) is 129 Å². The number of unbranched alkanes of at least 4 members (excludes halogenated alkanes) is 10. The summed E-state index contributed by atoms with van der Waals surface area (Å²) in [6.45, 7) is 14.7. The van der Waals surface area contributed by atoms with Crippen LogP contribution in [0.5, 0.6) is 0 Å². The Hall–Kier alpha value is -3.20. The minimum absolute atomic E-state index is 0.0355. The molecule has 0 aromatic heterocycles. The molecule has 0 unspecified atom stereocenters. The lowest BCUT2D eigenvalue weighted by atomic mass is 9.77. The lowest BCUT2D eigenvalue weighted by molar-refractivity contribution is -0.438. The summed E-state index contributed by atoms with van der Waals surface area (Å²) in [5.41, 5.74) is 6.35. The van der Waals surface area contributed by atoms with Crippen molar-refractivity contribution in [2.24, 2.45) is 0 Å². The van der Waals surface area contributed by atoms with E-state index >= 15 is 0 Å². The fourth-order valence-electron chi connectivity index (χ4n) is 7.94. The SMILES string of the molecule is CCCCCCCCN1/C(=C/C2=C(O)C(=C/C3=[N+](CCCCCCCC)c4ccc(C(=O)O)cc4C3(C)C)/C2=O)C(C)(C)c2cc(I)ccc21. The third-order valence-corrected chi connectivity index (χ3v) is 11.7. The number of fused-ring (bicyclic) bond motifs is 2. The number of benzene rings is 2. The molecule has 0 radical (unpaired) electrons. The molecule has 2 aromatic rings. The molecule has 6 nitrogen and oxygen atoms in total. The quantitative estimate of drug-likeness (QED) is 0.0722. The molecule has 0 atom stereocenters. The maximum absolute atomic E-state index is 14.0. The first-order valence-electron chi connectivity index (χ1n) is 18.9. The molecule has 0 bridgehead atoms. The first kappa shape index (κ1) is 38.0. The number of aliphatic hydroxyl groups excluding tert-OH is 1. The summed E-state index contributed by atoms with van der Waals surface area (Å²) in [5, 5.41) is 21.3. The van der Waals surface area contributed by atoms with Crippen LogP contribution in [0.4, 0.5) is 11.4 Å². The molecular formula is C43H56IN2O4+. The number of aromatic carboxylic acids is 1. The number of ketones is 1. The largest absolute Gasteiger partial charge is 0.506 e. The second-order valence-electron chi connectivity index (χ2n) is 15.4. The highest BCUT2D eigenvalue weighted by Gasteiger charge is 2.47. The molecule has 2 aliphatic heterocycles. The van der Waals surface area contributed by atoms with Gasteiger partial charge in [-0.25, -0.2) is 4.79 Å². The smallest absolute Gasteiger partial charge is 0.335 e. The summed E-state index contributed by atoms with van der Waals surface area (Å²) in [7, 11) is 0. The number of aliphatic hydroxyl groups is 1. The van der Waals surface area contributed by atoms with Crippen LogP contribution in [-0.2, 0) is 15.6 Å². The summed E-state index contributed by atoms with van der Waals surface area (Å²) in [5.74, 6) is -1.07. The van der Waals surface area contributed by atoms with Gasteiger partial charge in [-0.3, -0.25) is 4.79 Å². The molecule has 7 heteroatoms. The molecule has 0 fully saturated rings. The number of carbonyl (C=O) groups excluding carboxylic acids is 1. The molecular weight excluding hydrogens is 735 g/mol. The van der Waals surface area contributed by atoms with Crippen LogP contribution in [0.15, 0.2) is 71.2 Å². The minimum Gasteiger partial charge on any atom is -0.506 e. The van der Waals surface area contributed by atoms with E-state index in [0.717, 1.165) is 55.0 Å². The summed E-state index contributed by atoms with van der Waals surface area (Å²) in [6.07, 6.45) is 18.0. The van der Waals surface area contributed by atoms with Crippen LogP contribution in [0.1, 0.15) is 140 Å². The molecule has 2 aromatic carbocycles. The standard InChI is InChI=1S/C43H55IN2O4/c1-7-9-11-13-15-17-23-45-35-21-19-29(41(49)50)25-33(35)42(3,4)37(45)27-31-39(47)32(40(31)48)28-38-43(5,6)34-26-30(44)20-22-36(34)46(38)24-18-16-14-12-10-8-2/h19-22,25-28H,7-18,23-24H2,1-6H3,(H-,47,48,49,50)/p+1. The van der Waals surface area contributed by atoms with Gasteiger partial charge in [0.1, 0.15) is 12.3 Å². The normalized spacial score (nSPS) is 19.1. The first-order valence-corrected chi connectivity index (χ1v) is 19.9. The average molecular weight is 792 g/mol. The summed E-state index contributed by atoms with van der Waals surface area (Å²) in [4.78, 5) is 28.3. The van der Waals surface area contributed by atoms with E-state index in [1.54, 1.807) is 12.1 Å². The number of allylic oxidation sites excluding steroid dienone is 5. The second kappa shape index (κ2) is 16.0. The molecule has 2 N–H and O–H groups in total. The predicted octanol–water partition coefficient (Wildman–Crippen LogP) is 11.1. The fraction of sp³-hybridized carbons (Fsp3) is 0.512. The Morgan fingerprint density at radius 2 is 1.46 bits per heavy atom. The van der Waals surface area contributed by atoms with Crippen LogP contribution in [0.3, 0.4) is 0 Å². The Balaban J connectivity index is 1.49. The fourth-order valence-corrected chi connectivity index (χ4v) is 8.43. The van der Waals surface area contributed by atoms with E-state index < -0.39 is 11.4 Å². The van der Waals surface area contributed by atoms with E-state index in [4.69, 9.17) is 0 Å². The lowest BCUT2D eigenvalue weighted by Crippen LogP contribution is -2.32. The van der Waals surface area contributed by atoms with Gasteiger partial charge in [-0.05, 0) is 91.3 Å². The molecule has 1 aliphatic carbocycles. The van der Waals surface area contributed by atoms with Crippen molar-refractivity contribution in [2.75, 3.05) is 18.0 Å². The number of hydrogen-bond acceptors (Lipinski definition) is 4. The van der Waals surface area contributed by atoms with Gasteiger partial charge in [0.15, 0.2) is 5.71 Å². The number of nitrogens with zero attached hydrogens (tertiary/aromatic N) is 2. The molecule has 0 saturated heterocycles. The van der Waals surface area contributed by atoms with Gasteiger partial charge in [-0.2, -0.15) is 4.58 Å². The minimum atomic E-state index is -0.956. The highest BCUT2D eigenvalue weighted by molar-refractivity contribution is 14.1. The first-order chi connectivity index (χ1) is 23.8. The van der Waals surface area contributed by atoms with Crippen molar-refractivity contribution >= 4 is 51.4 Å². The summed E-state index contributed by atoms with van der Waals surface area (Å²) >= 11 is 2.37. The highest BCUT2D eigenvalue weighted by atomic mass is 127. The molecule has 0 amide bonds. The van der Waals surface area contributed by atoms with E-state index in [9.17, 15) is 19.8 Å². The molecule has 2 heterocycles. The molecule has 5 rings (SSSR count). The number of carboxylic acid groups (broad SMARTS) is 1. The number of halogens is 1. The van der Waals surface area contributed by atoms with Crippen molar-refractivity contribution in [3.63, 3.8) is 0 Å². The van der Waals surface area contributed by atoms with Gasteiger partial charge >= 0.3 is 5.97 Å². The number of rotatable bonds is 17. The van der Waals surface area contributed by atoms with Gasteiger partial charge < -0.3 is 15.1 Å². The van der Waals surface area contributed by atoms with E-state index in [1.165, 1.54) is 72.6 Å². The van der Waals surface area contributed by atoms with Gasteiger partial charge in [0, 0.05) is 51.0 Å². The number of carbonyl (C=O) groups is 2. The van der Waals surface area contributed by atoms with Gasteiger partial charge in [-0.15, -0.1) is 0 Å². The van der Waals surface area contributed by atoms with Crippen LogP contribution < -0.4 is 4.90 Å². The van der Waals surface area contributed by atoms with Crippen molar-refractivity contribution < 1.29 is 24.4 Å². The molecule has 0 saturated carbocycles. The van der Waals surface area contributed by atoms with Crippen LogP contribution in [0.2, 0.25) is 0 Å². The maximum atomic E-state index is 14.0. The second-order valence-corrected chi connectivity index (χ2v) is 16.6. The molecule has 0 spiro atoms. The van der Waals surface area contributed by atoms with Gasteiger partial charge in [0.05, 0.1) is 22.1 Å². The Kier molecular flexibility index (Phi) is 12.2. The van der Waals surface area contributed by atoms with Gasteiger partial charge in [0.25, 0.3) is 0 Å². The van der Waals surface area contributed by atoms with E-state index in [2.05, 4.69) is 91.8 Å². The Labute approximate surface area is 313 Å².